The van der Waals surface area contributed by atoms with Crippen LogP contribution in [0.1, 0.15) is 48.2 Å². The molecule has 36 heavy (non-hydrogen) atoms. The van der Waals surface area contributed by atoms with Gasteiger partial charge in [0.1, 0.15) is 11.9 Å². The zero-order valence-electron chi connectivity index (χ0n) is 20.8. The highest BCUT2D eigenvalue weighted by atomic mass is 16.4. The lowest BCUT2D eigenvalue weighted by Crippen LogP contribution is -2.44. The molecule has 1 saturated heterocycles. The van der Waals surface area contributed by atoms with Crippen LogP contribution in [0.25, 0.3) is 11.1 Å². The number of nitrogens with one attached hydrogen (secondary N) is 1. The van der Waals surface area contributed by atoms with Gasteiger partial charge in [0.2, 0.25) is 0 Å². The van der Waals surface area contributed by atoms with Gasteiger partial charge < -0.3 is 20.2 Å². The first-order valence-corrected chi connectivity index (χ1v) is 12.6. The van der Waals surface area contributed by atoms with Crippen LogP contribution >= 0.6 is 0 Å². The molecule has 1 atom stereocenters. The average Bonchev–Trinajstić information content (AvgIpc) is 3.52. The van der Waals surface area contributed by atoms with Crippen LogP contribution in [0.15, 0.2) is 60.8 Å². The van der Waals surface area contributed by atoms with E-state index in [-0.39, 0.29) is 11.8 Å². The van der Waals surface area contributed by atoms with Crippen molar-refractivity contribution in [1.29, 1.82) is 0 Å². The Balaban J connectivity index is 1.24. The fourth-order valence-corrected chi connectivity index (χ4v) is 5.15. The van der Waals surface area contributed by atoms with E-state index in [1.54, 1.807) is 0 Å². The summed E-state index contributed by atoms with van der Waals surface area (Å²) >= 11 is 0. The highest BCUT2D eigenvalue weighted by Gasteiger charge is 2.38. The summed E-state index contributed by atoms with van der Waals surface area (Å²) in [6, 6.07) is 17.3. The van der Waals surface area contributed by atoms with Gasteiger partial charge in [0, 0.05) is 43.6 Å². The van der Waals surface area contributed by atoms with Crippen LogP contribution in [-0.4, -0.2) is 46.0 Å². The molecule has 0 aliphatic carbocycles. The number of carbonyl (C=O) groups is 2. The van der Waals surface area contributed by atoms with Gasteiger partial charge in [0.05, 0.1) is 0 Å². The Morgan fingerprint density at radius 2 is 1.75 bits per heavy atom. The number of aliphatic carboxylic acids is 1. The van der Waals surface area contributed by atoms with Gasteiger partial charge in [0.25, 0.3) is 5.91 Å². The van der Waals surface area contributed by atoms with Crippen LogP contribution < -0.4 is 10.2 Å². The summed E-state index contributed by atoms with van der Waals surface area (Å²) in [7, 11) is 0. The molecule has 1 aromatic heterocycles. The molecule has 2 aliphatic rings. The molecule has 7 heteroatoms. The standard InChI is InChI=1S/C29H32N4O3/c1-19(2)27(29(35)36)33-18-23-7-6-22(15-25(23)28(33)34)21-8-10-24(11-9-21)30-16-20-5-12-26(31-17-20)32-13-3-4-14-32/h5-12,15,17,19,27,30H,3-4,13-14,16,18H2,1-2H3,(H,35,36)/t27-/m0/s1. The summed E-state index contributed by atoms with van der Waals surface area (Å²) in [5.74, 6) is -0.290. The van der Waals surface area contributed by atoms with Crippen LogP contribution in [0.5, 0.6) is 0 Å². The smallest absolute Gasteiger partial charge is 0.326 e. The molecule has 0 radical (unpaired) electrons. The molecule has 0 bridgehead atoms. The Kier molecular flexibility index (Phi) is 6.63. The highest BCUT2D eigenvalue weighted by molar-refractivity contribution is 6.01. The topological polar surface area (TPSA) is 85.8 Å². The number of anilines is 2. The van der Waals surface area contributed by atoms with Crippen molar-refractivity contribution in [3.8, 4) is 11.1 Å². The number of hydrogen-bond donors (Lipinski definition) is 2. The van der Waals surface area contributed by atoms with Gasteiger partial charge in [-0.25, -0.2) is 9.78 Å². The van der Waals surface area contributed by atoms with Crippen LogP contribution in [0, 0.1) is 5.92 Å². The van der Waals surface area contributed by atoms with Gasteiger partial charge in [-0.1, -0.05) is 44.2 Å². The quantitative estimate of drug-likeness (QED) is 0.467. The van der Waals surface area contributed by atoms with Gasteiger partial charge in [-0.2, -0.15) is 0 Å². The summed E-state index contributed by atoms with van der Waals surface area (Å²) in [6.45, 7) is 6.87. The molecule has 3 aromatic rings. The molecule has 1 amide bonds. The second kappa shape index (κ2) is 10.0. The van der Waals surface area contributed by atoms with Crippen LogP contribution in [-0.2, 0) is 17.9 Å². The van der Waals surface area contributed by atoms with Crippen molar-refractivity contribution in [3.05, 3.63) is 77.5 Å². The normalized spacial score (nSPS) is 15.9. The fraction of sp³-hybridized carbons (Fsp3) is 0.345. The predicted octanol–water partition coefficient (Wildman–Crippen LogP) is 5.03. The zero-order valence-corrected chi connectivity index (χ0v) is 20.8. The third-order valence-electron chi connectivity index (χ3n) is 7.12. The van der Waals surface area contributed by atoms with Crippen molar-refractivity contribution in [2.45, 2.75) is 45.8 Å². The summed E-state index contributed by atoms with van der Waals surface area (Å²) in [6.07, 6.45) is 4.42. The molecule has 7 nitrogen and oxygen atoms in total. The third-order valence-corrected chi connectivity index (χ3v) is 7.12. The first kappa shape index (κ1) is 23.9. The van der Waals surface area contributed by atoms with Crippen LogP contribution in [0.4, 0.5) is 11.5 Å². The SMILES string of the molecule is CC(C)[C@@H](C(=O)O)N1Cc2ccc(-c3ccc(NCc4ccc(N5CCCC5)nc4)cc3)cc2C1=O. The Hall–Kier alpha value is -3.87. The monoisotopic (exact) mass is 484 g/mol. The summed E-state index contributed by atoms with van der Waals surface area (Å²) < 4.78 is 0. The highest BCUT2D eigenvalue weighted by Crippen LogP contribution is 2.31. The molecule has 5 rings (SSSR count). The minimum Gasteiger partial charge on any atom is -0.480 e. The average molecular weight is 485 g/mol. The lowest BCUT2D eigenvalue weighted by molar-refractivity contribution is -0.144. The van der Waals surface area contributed by atoms with Crippen molar-refractivity contribution in [2.75, 3.05) is 23.3 Å². The molecule has 186 valence electrons. The number of rotatable bonds is 8. The maximum Gasteiger partial charge on any atom is 0.326 e. The maximum absolute atomic E-state index is 13.0. The summed E-state index contributed by atoms with van der Waals surface area (Å²) in [4.78, 5) is 33.2. The predicted molar refractivity (Wildman–Crippen MR) is 141 cm³/mol. The van der Waals surface area contributed by atoms with Gasteiger partial charge in [-0.05, 0) is 65.3 Å². The van der Waals surface area contributed by atoms with Crippen LogP contribution in [0.2, 0.25) is 0 Å². The number of amides is 1. The molecule has 2 aliphatic heterocycles. The van der Waals surface area contributed by atoms with Crippen molar-refractivity contribution in [3.63, 3.8) is 0 Å². The van der Waals surface area contributed by atoms with E-state index < -0.39 is 12.0 Å². The molecule has 3 heterocycles. The first-order valence-electron chi connectivity index (χ1n) is 12.6. The van der Waals surface area contributed by atoms with Crippen molar-refractivity contribution >= 4 is 23.4 Å². The van der Waals surface area contributed by atoms with E-state index >= 15 is 0 Å². The van der Waals surface area contributed by atoms with Gasteiger partial charge >= 0.3 is 5.97 Å². The molecule has 0 unspecified atom stereocenters. The number of hydrogen-bond acceptors (Lipinski definition) is 5. The van der Waals surface area contributed by atoms with Gasteiger partial charge in [0.15, 0.2) is 0 Å². The second-order valence-corrected chi connectivity index (χ2v) is 9.98. The zero-order chi connectivity index (χ0) is 25.2. The molecule has 2 N–H and O–H groups in total. The van der Waals surface area contributed by atoms with Gasteiger partial charge in [-0.3, -0.25) is 4.79 Å². The van der Waals surface area contributed by atoms with E-state index in [0.717, 1.165) is 46.8 Å². The number of carboxylic acids is 1. The number of carboxylic acid groups (broad SMARTS) is 1. The number of pyridine rings is 1. The van der Waals surface area contributed by atoms with E-state index in [1.165, 1.54) is 17.7 Å². The molecule has 1 fully saturated rings. The molecular weight excluding hydrogens is 452 g/mol. The molecule has 2 aromatic carbocycles. The van der Waals surface area contributed by atoms with Crippen molar-refractivity contribution in [1.82, 2.24) is 9.88 Å². The number of carbonyl (C=O) groups excluding carboxylic acids is 1. The Bertz CT molecular complexity index is 1250. The lowest BCUT2D eigenvalue weighted by atomic mass is 10.00. The first-order chi connectivity index (χ1) is 17.4. The molecular formula is C29H32N4O3. The second-order valence-electron chi connectivity index (χ2n) is 9.98. The Morgan fingerprint density at radius 3 is 2.39 bits per heavy atom. The number of benzene rings is 2. The third kappa shape index (κ3) is 4.78. The number of nitrogens with zero attached hydrogens (tertiary/aromatic N) is 3. The van der Waals surface area contributed by atoms with Gasteiger partial charge in [-0.15, -0.1) is 0 Å². The summed E-state index contributed by atoms with van der Waals surface area (Å²) in [5, 5.41) is 13.1. The van der Waals surface area contributed by atoms with E-state index in [1.807, 2.05) is 62.5 Å². The Labute approximate surface area is 211 Å². The van der Waals surface area contributed by atoms with Crippen LogP contribution in [0.3, 0.4) is 0 Å². The maximum atomic E-state index is 13.0. The minimum absolute atomic E-state index is 0.168. The molecule has 0 spiro atoms. The minimum atomic E-state index is -0.965. The summed E-state index contributed by atoms with van der Waals surface area (Å²) in [5.41, 5.74) is 5.54. The van der Waals surface area contributed by atoms with E-state index in [2.05, 4.69) is 27.3 Å². The number of aromatic nitrogens is 1. The lowest BCUT2D eigenvalue weighted by Gasteiger charge is -2.27. The molecule has 0 saturated carbocycles. The number of fused-ring (bicyclic) bond motifs is 1. The van der Waals surface area contributed by atoms with E-state index in [9.17, 15) is 14.7 Å². The Morgan fingerprint density at radius 1 is 1.03 bits per heavy atom. The largest absolute Gasteiger partial charge is 0.480 e. The van der Waals surface area contributed by atoms with Crippen molar-refractivity contribution in [2.24, 2.45) is 5.92 Å². The van der Waals surface area contributed by atoms with E-state index in [0.29, 0.717) is 18.7 Å². The fourth-order valence-electron chi connectivity index (χ4n) is 5.15. The van der Waals surface area contributed by atoms with Crippen molar-refractivity contribution < 1.29 is 14.7 Å². The van der Waals surface area contributed by atoms with E-state index in [4.69, 9.17) is 0 Å².